The molecule has 1 atom stereocenters. The molecule has 1 amide bonds. The van der Waals surface area contributed by atoms with Gasteiger partial charge < -0.3 is 10.0 Å². The number of rotatable bonds is 12. The Morgan fingerprint density at radius 2 is 2.23 bits per heavy atom. The van der Waals surface area contributed by atoms with Crippen molar-refractivity contribution in [3.8, 4) is 0 Å². The number of nitrogens with zero attached hydrogens (tertiary/aromatic N) is 2. The third-order valence-corrected chi connectivity index (χ3v) is 6.47. The molecule has 0 bridgehead atoms. The van der Waals surface area contributed by atoms with Gasteiger partial charge in [-0.2, -0.15) is 0 Å². The number of carboxylic acids is 1. The van der Waals surface area contributed by atoms with Gasteiger partial charge in [-0.1, -0.05) is 56.5 Å². The Kier molecular flexibility index (Phi) is 9.18. The van der Waals surface area contributed by atoms with Crippen LogP contribution in [0.4, 0.5) is 0 Å². The number of thioether (sulfide) groups is 1. The summed E-state index contributed by atoms with van der Waals surface area (Å²) in [4.78, 5) is 29.0. The lowest BCUT2D eigenvalue weighted by Crippen LogP contribution is -2.33. The van der Waals surface area contributed by atoms with Crippen LogP contribution < -0.4 is 0 Å². The Labute approximate surface area is 163 Å². The molecule has 1 N–H and O–H groups in total. The lowest BCUT2D eigenvalue weighted by molar-refractivity contribution is -0.128. The molecule has 2 rings (SSSR count). The number of thiazole rings is 1. The summed E-state index contributed by atoms with van der Waals surface area (Å²) in [5.41, 5.74) is 0.0921. The van der Waals surface area contributed by atoms with E-state index in [2.05, 4.69) is 24.1 Å². The van der Waals surface area contributed by atoms with Gasteiger partial charge in [-0.3, -0.25) is 4.79 Å². The van der Waals surface area contributed by atoms with Crippen LogP contribution in [0.1, 0.15) is 68.8 Å². The van der Waals surface area contributed by atoms with Crippen molar-refractivity contribution in [2.45, 2.75) is 68.7 Å². The Bertz CT molecular complexity index is 616. The van der Waals surface area contributed by atoms with E-state index in [1.165, 1.54) is 55.2 Å². The summed E-state index contributed by atoms with van der Waals surface area (Å²) in [6.07, 6.45) is 13.5. The number of aromatic nitrogens is 1. The summed E-state index contributed by atoms with van der Waals surface area (Å²) in [5, 5.41) is 10.5. The average Bonchev–Trinajstić information content (AvgIpc) is 3.22. The van der Waals surface area contributed by atoms with E-state index in [1.54, 1.807) is 5.38 Å². The van der Waals surface area contributed by atoms with Crippen molar-refractivity contribution in [1.82, 2.24) is 9.88 Å². The number of unbranched alkanes of at least 4 members (excludes halogenated alkanes) is 5. The van der Waals surface area contributed by atoms with Crippen LogP contribution in [0.25, 0.3) is 0 Å². The number of allylic oxidation sites excluding steroid dienone is 1. The molecule has 0 spiro atoms. The first-order valence-electron chi connectivity index (χ1n) is 9.39. The van der Waals surface area contributed by atoms with E-state index < -0.39 is 5.97 Å². The van der Waals surface area contributed by atoms with Gasteiger partial charge in [0, 0.05) is 24.1 Å². The molecule has 2 heterocycles. The van der Waals surface area contributed by atoms with Crippen molar-refractivity contribution in [2.75, 3.05) is 12.3 Å². The van der Waals surface area contributed by atoms with E-state index >= 15 is 0 Å². The lowest BCUT2D eigenvalue weighted by Gasteiger charge is -2.22. The topological polar surface area (TPSA) is 70.5 Å². The van der Waals surface area contributed by atoms with Crippen molar-refractivity contribution in [1.29, 1.82) is 0 Å². The van der Waals surface area contributed by atoms with Crippen molar-refractivity contribution >= 4 is 35.0 Å². The normalized spacial score (nSPS) is 17.5. The van der Waals surface area contributed by atoms with Crippen molar-refractivity contribution < 1.29 is 14.7 Å². The summed E-state index contributed by atoms with van der Waals surface area (Å²) in [7, 11) is 0. The Hall–Kier alpha value is -1.34. The third-order valence-electron chi connectivity index (χ3n) is 4.47. The molecule has 1 saturated heterocycles. The lowest BCUT2D eigenvalue weighted by atomic mass is 10.1. The summed E-state index contributed by atoms with van der Waals surface area (Å²) >= 11 is 2.86. The average molecular weight is 397 g/mol. The fourth-order valence-electron chi connectivity index (χ4n) is 3.02. The fraction of sp³-hybridized carbons (Fsp3) is 0.632. The highest BCUT2D eigenvalue weighted by Crippen LogP contribution is 2.25. The maximum atomic E-state index is 12.1. The first-order valence-corrected chi connectivity index (χ1v) is 11.3. The molecule has 0 saturated carbocycles. The standard InChI is InChI=1S/C19H28N2O3S2/c1-2-3-4-5-6-7-8-9-15-10-11-17(22)21(15)12-13-25-19-20-16(14-26-19)18(23)24/h8-9,14-15H,2-7,10-13H2,1H3,(H,23,24)/t15-/m0/s1. The second-order valence-electron chi connectivity index (χ2n) is 6.48. The van der Waals surface area contributed by atoms with Gasteiger partial charge in [-0.15, -0.1) is 11.3 Å². The second-order valence-corrected chi connectivity index (χ2v) is 8.68. The largest absolute Gasteiger partial charge is 0.476 e. The quantitative estimate of drug-likeness (QED) is 0.311. The molecule has 1 aliphatic rings. The predicted molar refractivity (Wildman–Crippen MR) is 107 cm³/mol. The van der Waals surface area contributed by atoms with Crippen LogP contribution in [0.15, 0.2) is 21.9 Å². The number of aromatic carboxylic acids is 1. The monoisotopic (exact) mass is 396 g/mol. The van der Waals surface area contributed by atoms with Crippen molar-refractivity contribution in [3.05, 3.63) is 23.2 Å². The van der Waals surface area contributed by atoms with Gasteiger partial charge in [0.05, 0.1) is 6.04 Å². The molecule has 1 fully saturated rings. The van der Waals surface area contributed by atoms with Crippen LogP contribution in [0, 0.1) is 0 Å². The summed E-state index contributed by atoms with van der Waals surface area (Å²) in [5.74, 6) is -0.0454. The molecule has 0 aromatic carbocycles. The van der Waals surface area contributed by atoms with Crippen LogP contribution in [-0.4, -0.2) is 45.2 Å². The van der Waals surface area contributed by atoms with Crippen LogP contribution in [0.3, 0.4) is 0 Å². The molecular formula is C19H28N2O3S2. The minimum Gasteiger partial charge on any atom is -0.476 e. The zero-order valence-electron chi connectivity index (χ0n) is 15.4. The van der Waals surface area contributed by atoms with E-state index in [0.29, 0.717) is 13.0 Å². The van der Waals surface area contributed by atoms with E-state index in [1.807, 2.05) is 4.90 Å². The first-order chi connectivity index (χ1) is 12.6. The highest BCUT2D eigenvalue weighted by molar-refractivity contribution is 8.01. The molecule has 1 aromatic heterocycles. The van der Waals surface area contributed by atoms with Gasteiger partial charge in [-0.05, 0) is 19.3 Å². The summed E-state index contributed by atoms with van der Waals surface area (Å²) in [6.45, 7) is 2.90. The minimum absolute atomic E-state index is 0.0921. The molecule has 7 heteroatoms. The zero-order valence-corrected chi connectivity index (χ0v) is 17.0. The van der Waals surface area contributed by atoms with E-state index in [4.69, 9.17) is 5.11 Å². The molecule has 0 aliphatic carbocycles. The van der Waals surface area contributed by atoms with Gasteiger partial charge in [0.1, 0.15) is 0 Å². The van der Waals surface area contributed by atoms with Crippen LogP contribution >= 0.6 is 23.1 Å². The van der Waals surface area contributed by atoms with Gasteiger partial charge in [0.25, 0.3) is 0 Å². The zero-order chi connectivity index (χ0) is 18.8. The van der Waals surface area contributed by atoms with Crippen LogP contribution in [-0.2, 0) is 4.79 Å². The van der Waals surface area contributed by atoms with Gasteiger partial charge in [0.2, 0.25) is 5.91 Å². The summed E-state index contributed by atoms with van der Waals surface area (Å²) < 4.78 is 0.744. The van der Waals surface area contributed by atoms with E-state index in [0.717, 1.165) is 22.9 Å². The number of amides is 1. The minimum atomic E-state index is -0.997. The maximum absolute atomic E-state index is 12.1. The summed E-state index contributed by atoms with van der Waals surface area (Å²) in [6, 6.07) is 0.213. The molecule has 5 nitrogen and oxygen atoms in total. The Morgan fingerprint density at radius 3 is 2.96 bits per heavy atom. The third kappa shape index (κ3) is 6.76. The van der Waals surface area contributed by atoms with Gasteiger partial charge >= 0.3 is 5.97 Å². The predicted octanol–water partition coefficient (Wildman–Crippen LogP) is 4.84. The van der Waals surface area contributed by atoms with E-state index in [9.17, 15) is 9.59 Å². The Morgan fingerprint density at radius 1 is 1.42 bits per heavy atom. The molecule has 1 aromatic rings. The number of hydrogen-bond donors (Lipinski definition) is 1. The smallest absolute Gasteiger partial charge is 0.355 e. The van der Waals surface area contributed by atoms with Gasteiger partial charge in [-0.25, -0.2) is 9.78 Å². The highest BCUT2D eigenvalue weighted by atomic mass is 32.2. The number of carboxylic acid groups (broad SMARTS) is 1. The SMILES string of the molecule is CCCCCCCC=C[C@H]1CCC(=O)N1CCSc1nc(C(=O)O)cs1. The van der Waals surface area contributed by atoms with Crippen molar-refractivity contribution in [2.24, 2.45) is 0 Å². The molecule has 144 valence electrons. The number of likely N-dealkylation sites (tertiary alicyclic amines) is 1. The Balaban J connectivity index is 1.71. The molecule has 1 aliphatic heterocycles. The molecule has 26 heavy (non-hydrogen) atoms. The van der Waals surface area contributed by atoms with Crippen LogP contribution in [0.5, 0.6) is 0 Å². The van der Waals surface area contributed by atoms with E-state index in [-0.39, 0.29) is 17.6 Å². The first kappa shape index (κ1) is 21.0. The number of carbonyl (C=O) groups excluding carboxylic acids is 1. The molecule has 0 radical (unpaired) electrons. The highest BCUT2D eigenvalue weighted by Gasteiger charge is 2.28. The number of hydrogen-bond acceptors (Lipinski definition) is 5. The van der Waals surface area contributed by atoms with Crippen LogP contribution in [0.2, 0.25) is 0 Å². The fourth-order valence-corrected chi connectivity index (χ4v) is 4.83. The second kappa shape index (κ2) is 11.4. The molecular weight excluding hydrogens is 368 g/mol. The number of carbonyl (C=O) groups is 2. The van der Waals surface area contributed by atoms with Crippen molar-refractivity contribution in [3.63, 3.8) is 0 Å². The maximum Gasteiger partial charge on any atom is 0.355 e. The molecule has 0 unspecified atom stereocenters. The van der Waals surface area contributed by atoms with Gasteiger partial charge in [0.15, 0.2) is 10.0 Å².